The Balaban J connectivity index is 1.75. The Morgan fingerprint density at radius 3 is 2.60 bits per heavy atom. The standard InChI is InChI=1S/C27H24N4O4/c1-15-25(17(3)35-30-15)19-11-23-26(29-13-19)21(14-31(23)16(2)22-7-5-6-10-28-22)18-8-9-20(27(32)33)24(12-18)34-4/h5-14,16H,1-4H3,(H,32,33)/t16-/m0/s1. The lowest BCUT2D eigenvalue weighted by Crippen LogP contribution is -2.07. The fourth-order valence-electron chi connectivity index (χ4n) is 4.49. The maximum Gasteiger partial charge on any atom is 0.339 e. The van der Waals surface area contributed by atoms with Gasteiger partial charge in [0.25, 0.3) is 0 Å². The predicted octanol–water partition coefficient (Wildman–Crippen LogP) is 5.69. The van der Waals surface area contributed by atoms with E-state index in [1.54, 1.807) is 24.4 Å². The minimum atomic E-state index is -1.04. The highest BCUT2D eigenvalue weighted by Crippen LogP contribution is 2.37. The van der Waals surface area contributed by atoms with Crippen LogP contribution in [0.3, 0.4) is 0 Å². The van der Waals surface area contributed by atoms with E-state index < -0.39 is 5.97 Å². The average molecular weight is 469 g/mol. The number of aromatic carboxylic acids is 1. The van der Waals surface area contributed by atoms with Gasteiger partial charge in [-0.25, -0.2) is 4.79 Å². The van der Waals surface area contributed by atoms with Crippen LogP contribution in [0.1, 0.15) is 40.5 Å². The number of fused-ring (bicyclic) bond motifs is 1. The molecular formula is C27H24N4O4. The molecule has 8 heteroatoms. The molecule has 1 N–H and O–H groups in total. The topological polar surface area (TPSA) is 103 Å². The Hall–Kier alpha value is -4.46. The number of methoxy groups -OCH3 is 1. The lowest BCUT2D eigenvalue weighted by molar-refractivity contribution is 0.0693. The van der Waals surface area contributed by atoms with Crippen LogP contribution in [0.5, 0.6) is 5.75 Å². The maximum absolute atomic E-state index is 11.6. The minimum absolute atomic E-state index is 0.0747. The van der Waals surface area contributed by atoms with Crippen molar-refractivity contribution >= 4 is 17.0 Å². The van der Waals surface area contributed by atoms with Crippen LogP contribution in [0.4, 0.5) is 0 Å². The van der Waals surface area contributed by atoms with Crippen LogP contribution in [-0.2, 0) is 0 Å². The molecule has 8 nitrogen and oxygen atoms in total. The molecule has 0 amide bonds. The second kappa shape index (κ2) is 8.72. The Labute approximate surface area is 201 Å². The second-order valence-electron chi connectivity index (χ2n) is 8.39. The van der Waals surface area contributed by atoms with Crippen LogP contribution < -0.4 is 4.74 Å². The van der Waals surface area contributed by atoms with E-state index >= 15 is 0 Å². The van der Waals surface area contributed by atoms with Crippen LogP contribution in [0.25, 0.3) is 33.3 Å². The van der Waals surface area contributed by atoms with E-state index in [4.69, 9.17) is 14.2 Å². The molecule has 176 valence electrons. The van der Waals surface area contributed by atoms with Gasteiger partial charge in [0.2, 0.25) is 0 Å². The van der Waals surface area contributed by atoms with E-state index in [9.17, 15) is 9.90 Å². The summed E-state index contributed by atoms with van der Waals surface area (Å²) in [6.07, 6.45) is 5.63. The first kappa shape index (κ1) is 22.3. The zero-order valence-corrected chi connectivity index (χ0v) is 19.8. The zero-order valence-electron chi connectivity index (χ0n) is 19.8. The molecule has 0 aliphatic heterocycles. The monoisotopic (exact) mass is 468 g/mol. The van der Waals surface area contributed by atoms with Crippen LogP contribution in [0.15, 0.2) is 65.6 Å². The van der Waals surface area contributed by atoms with E-state index in [2.05, 4.69) is 27.7 Å². The Bertz CT molecular complexity index is 1530. The van der Waals surface area contributed by atoms with Crippen molar-refractivity contribution in [3.63, 3.8) is 0 Å². The van der Waals surface area contributed by atoms with Crippen molar-refractivity contribution in [3.05, 3.63) is 83.8 Å². The third kappa shape index (κ3) is 3.82. The van der Waals surface area contributed by atoms with Crippen LogP contribution >= 0.6 is 0 Å². The number of benzene rings is 1. The van der Waals surface area contributed by atoms with E-state index in [-0.39, 0.29) is 11.6 Å². The second-order valence-corrected chi connectivity index (χ2v) is 8.39. The molecular weight excluding hydrogens is 444 g/mol. The Kier molecular flexibility index (Phi) is 5.56. The molecule has 4 heterocycles. The number of aromatic nitrogens is 4. The minimum Gasteiger partial charge on any atom is -0.496 e. The van der Waals surface area contributed by atoms with Crippen LogP contribution in [0.2, 0.25) is 0 Å². The van der Waals surface area contributed by atoms with Crippen molar-refractivity contribution in [2.24, 2.45) is 0 Å². The molecule has 0 spiro atoms. The SMILES string of the molecule is COc1cc(-c2cn([C@@H](C)c3ccccn3)c3cc(-c4c(C)noc4C)cnc23)ccc1C(=O)O. The van der Waals surface area contributed by atoms with Crippen molar-refractivity contribution in [1.82, 2.24) is 19.7 Å². The molecule has 35 heavy (non-hydrogen) atoms. The number of hydrogen-bond acceptors (Lipinski definition) is 6. The number of nitrogens with zero attached hydrogens (tertiary/aromatic N) is 4. The highest BCUT2D eigenvalue weighted by atomic mass is 16.5. The zero-order chi connectivity index (χ0) is 24.7. The molecule has 1 aromatic carbocycles. The van der Waals surface area contributed by atoms with Crippen LogP contribution in [0, 0.1) is 13.8 Å². The molecule has 0 unspecified atom stereocenters. The molecule has 0 saturated carbocycles. The number of aryl methyl sites for hydroxylation is 2. The van der Waals surface area contributed by atoms with Crippen molar-refractivity contribution < 1.29 is 19.2 Å². The Morgan fingerprint density at radius 2 is 1.94 bits per heavy atom. The van der Waals surface area contributed by atoms with Crippen molar-refractivity contribution in [2.75, 3.05) is 7.11 Å². The smallest absolute Gasteiger partial charge is 0.339 e. The quantitative estimate of drug-likeness (QED) is 0.342. The van der Waals surface area contributed by atoms with E-state index in [0.717, 1.165) is 50.4 Å². The van der Waals surface area contributed by atoms with Gasteiger partial charge in [-0.15, -0.1) is 0 Å². The van der Waals surface area contributed by atoms with Crippen molar-refractivity contribution in [1.29, 1.82) is 0 Å². The summed E-state index contributed by atoms with van der Waals surface area (Å²) in [5.74, 6) is -0.0170. The number of carboxylic acids is 1. The molecule has 0 saturated heterocycles. The number of rotatable bonds is 6. The lowest BCUT2D eigenvalue weighted by Gasteiger charge is -2.15. The summed E-state index contributed by atoms with van der Waals surface area (Å²) >= 11 is 0. The lowest BCUT2D eigenvalue weighted by atomic mass is 10.0. The summed E-state index contributed by atoms with van der Waals surface area (Å²) in [5.41, 5.74) is 7.02. The summed E-state index contributed by atoms with van der Waals surface area (Å²) in [5, 5.41) is 13.6. The first-order valence-corrected chi connectivity index (χ1v) is 11.2. The first-order valence-electron chi connectivity index (χ1n) is 11.2. The highest BCUT2D eigenvalue weighted by molar-refractivity contribution is 5.97. The van der Waals surface area contributed by atoms with Gasteiger partial charge < -0.3 is 18.9 Å². The average Bonchev–Trinajstić information content (AvgIpc) is 3.42. The predicted molar refractivity (Wildman–Crippen MR) is 132 cm³/mol. The number of hydrogen-bond donors (Lipinski definition) is 1. The number of carboxylic acid groups (broad SMARTS) is 1. The Morgan fingerprint density at radius 1 is 1.11 bits per heavy atom. The van der Waals surface area contributed by atoms with Gasteiger partial charge in [0.15, 0.2) is 0 Å². The van der Waals surface area contributed by atoms with Crippen LogP contribution in [-0.4, -0.2) is 37.9 Å². The van der Waals surface area contributed by atoms with Gasteiger partial charge >= 0.3 is 5.97 Å². The largest absolute Gasteiger partial charge is 0.496 e. The van der Waals surface area contributed by atoms with Crippen molar-refractivity contribution in [2.45, 2.75) is 26.8 Å². The summed E-state index contributed by atoms with van der Waals surface area (Å²) < 4.78 is 12.9. The van der Waals surface area contributed by atoms with Gasteiger partial charge in [-0.05, 0) is 56.7 Å². The molecule has 5 aromatic rings. The molecule has 4 aromatic heterocycles. The molecule has 0 radical (unpaired) electrons. The van der Waals surface area contributed by atoms with E-state index in [0.29, 0.717) is 5.75 Å². The molecule has 0 aliphatic carbocycles. The van der Waals surface area contributed by atoms with Gasteiger partial charge in [0, 0.05) is 35.3 Å². The van der Waals surface area contributed by atoms with Gasteiger partial charge in [-0.1, -0.05) is 17.3 Å². The fourth-order valence-corrected chi connectivity index (χ4v) is 4.49. The third-order valence-electron chi connectivity index (χ3n) is 6.27. The van der Waals surface area contributed by atoms with E-state index in [1.165, 1.54) is 7.11 Å². The van der Waals surface area contributed by atoms with Gasteiger partial charge in [0.1, 0.15) is 17.1 Å². The highest BCUT2D eigenvalue weighted by Gasteiger charge is 2.21. The van der Waals surface area contributed by atoms with Gasteiger partial charge in [-0.3, -0.25) is 9.97 Å². The number of ether oxygens (including phenoxy) is 1. The molecule has 1 atom stereocenters. The first-order chi connectivity index (χ1) is 16.9. The number of pyridine rings is 2. The molecule has 5 rings (SSSR count). The van der Waals surface area contributed by atoms with Crippen molar-refractivity contribution in [3.8, 4) is 28.0 Å². The van der Waals surface area contributed by atoms with Gasteiger partial charge in [-0.2, -0.15) is 0 Å². The number of carbonyl (C=O) groups is 1. The summed E-state index contributed by atoms with van der Waals surface area (Å²) in [7, 11) is 1.46. The fraction of sp³-hybridized carbons (Fsp3) is 0.185. The molecule has 0 bridgehead atoms. The maximum atomic E-state index is 11.6. The van der Waals surface area contributed by atoms with Gasteiger partial charge in [0.05, 0.1) is 35.6 Å². The molecule has 0 aliphatic rings. The normalized spacial score (nSPS) is 12.1. The molecule has 0 fully saturated rings. The summed E-state index contributed by atoms with van der Waals surface area (Å²) in [4.78, 5) is 21.0. The summed E-state index contributed by atoms with van der Waals surface area (Å²) in [6, 6.07) is 12.9. The third-order valence-corrected chi connectivity index (χ3v) is 6.27. The summed E-state index contributed by atoms with van der Waals surface area (Å²) in [6.45, 7) is 5.88. The van der Waals surface area contributed by atoms with E-state index in [1.807, 2.05) is 44.4 Å².